The lowest BCUT2D eigenvalue weighted by atomic mass is 10.0. The minimum Gasteiger partial charge on any atom is -0.353 e. The Morgan fingerprint density at radius 2 is 1.81 bits per heavy atom. The Labute approximate surface area is 182 Å². The maximum Gasteiger partial charge on any atom is 0.243 e. The lowest BCUT2D eigenvalue weighted by Crippen LogP contribution is -2.60. The SMILES string of the molecule is CC(C)c1ccc(NC(=O)C[C@H]2C(=O)NCCN2C(=O)CN2CCN(C=O)CC2)cc1. The van der Waals surface area contributed by atoms with Crippen molar-refractivity contribution in [1.82, 2.24) is 20.0 Å². The molecule has 2 aliphatic heterocycles. The zero-order valence-corrected chi connectivity index (χ0v) is 18.2. The Kier molecular flexibility index (Phi) is 7.62. The number of piperazine rings is 2. The first-order chi connectivity index (χ1) is 14.9. The first-order valence-electron chi connectivity index (χ1n) is 10.8. The van der Waals surface area contributed by atoms with Gasteiger partial charge in [0, 0.05) is 45.0 Å². The van der Waals surface area contributed by atoms with Crippen LogP contribution < -0.4 is 10.6 Å². The van der Waals surface area contributed by atoms with E-state index in [0.717, 1.165) is 6.41 Å². The molecular weight excluding hydrogens is 398 g/mol. The van der Waals surface area contributed by atoms with Gasteiger partial charge in [0.1, 0.15) is 6.04 Å². The molecule has 1 aromatic rings. The molecule has 0 saturated carbocycles. The van der Waals surface area contributed by atoms with E-state index < -0.39 is 6.04 Å². The Morgan fingerprint density at radius 3 is 2.42 bits per heavy atom. The third kappa shape index (κ3) is 6.04. The van der Waals surface area contributed by atoms with E-state index in [9.17, 15) is 19.2 Å². The Bertz CT molecular complexity index is 803. The fourth-order valence-corrected chi connectivity index (χ4v) is 3.86. The van der Waals surface area contributed by atoms with Crippen LogP contribution in [0.2, 0.25) is 0 Å². The quantitative estimate of drug-likeness (QED) is 0.605. The van der Waals surface area contributed by atoms with E-state index in [0.29, 0.717) is 50.9 Å². The highest BCUT2D eigenvalue weighted by atomic mass is 16.2. The third-order valence-electron chi connectivity index (χ3n) is 5.81. The normalized spacial score (nSPS) is 19.8. The molecule has 2 aliphatic rings. The van der Waals surface area contributed by atoms with Gasteiger partial charge in [0.05, 0.1) is 13.0 Å². The van der Waals surface area contributed by atoms with Crippen molar-refractivity contribution < 1.29 is 19.2 Å². The lowest BCUT2D eigenvalue weighted by Gasteiger charge is -2.37. The highest BCUT2D eigenvalue weighted by Gasteiger charge is 2.35. The van der Waals surface area contributed by atoms with E-state index >= 15 is 0 Å². The molecule has 31 heavy (non-hydrogen) atoms. The molecule has 3 rings (SSSR count). The summed E-state index contributed by atoms with van der Waals surface area (Å²) < 4.78 is 0. The van der Waals surface area contributed by atoms with Gasteiger partial charge < -0.3 is 20.4 Å². The maximum atomic E-state index is 12.9. The van der Waals surface area contributed by atoms with E-state index in [4.69, 9.17) is 0 Å². The highest BCUT2D eigenvalue weighted by molar-refractivity contribution is 5.97. The number of hydrogen-bond acceptors (Lipinski definition) is 5. The summed E-state index contributed by atoms with van der Waals surface area (Å²) in [6, 6.07) is 6.79. The molecule has 2 fully saturated rings. The van der Waals surface area contributed by atoms with E-state index in [1.165, 1.54) is 10.5 Å². The maximum absolute atomic E-state index is 12.9. The van der Waals surface area contributed by atoms with Crippen LogP contribution in [0, 0.1) is 0 Å². The van der Waals surface area contributed by atoms with Gasteiger partial charge in [0.25, 0.3) is 0 Å². The molecule has 0 radical (unpaired) electrons. The number of nitrogens with one attached hydrogen (secondary N) is 2. The summed E-state index contributed by atoms with van der Waals surface area (Å²) in [4.78, 5) is 53.9. The first-order valence-corrected chi connectivity index (χ1v) is 10.8. The molecule has 2 heterocycles. The molecule has 0 spiro atoms. The Morgan fingerprint density at radius 1 is 1.13 bits per heavy atom. The topological polar surface area (TPSA) is 102 Å². The molecule has 9 heteroatoms. The number of benzene rings is 1. The van der Waals surface area contributed by atoms with Crippen molar-refractivity contribution in [3.8, 4) is 0 Å². The fourth-order valence-electron chi connectivity index (χ4n) is 3.86. The van der Waals surface area contributed by atoms with Crippen LogP contribution >= 0.6 is 0 Å². The van der Waals surface area contributed by atoms with E-state index in [-0.39, 0.29) is 30.7 Å². The third-order valence-corrected chi connectivity index (χ3v) is 5.81. The summed E-state index contributed by atoms with van der Waals surface area (Å²) >= 11 is 0. The van der Waals surface area contributed by atoms with Gasteiger partial charge in [0.15, 0.2) is 0 Å². The van der Waals surface area contributed by atoms with Crippen LogP contribution in [-0.4, -0.2) is 90.7 Å². The van der Waals surface area contributed by atoms with Gasteiger partial charge in [-0.05, 0) is 23.6 Å². The number of anilines is 1. The van der Waals surface area contributed by atoms with Gasteiger partial charge in [-0.2, -0.15) is 0 Å². The van der Waals surface area contributed by atoms with Gasteiger partial charge in [-0.3, -0.25) is 24.1 Å². The van der Waals surface area contributed by atoms with Crippen molar-refractivity contribution in [3.63, 3.8) is 0 Å². The summed E-state index contributed by atoms with van der Waals surface area (Å²) in [7, 11) is 0. The molecular formula is C22H31N5O4. The average molecular weight is 430 g/mol. The minimum absolute atomic E-state index is 0.0948. The van der Waals surface area contributed by atoms with E-state index in [1.54, 1.807) is 4.90 Å². The van der Waals surface area contributed by atoms with Gasteiger partial charge in [0.2, 0.25) is 24.1 Å². The molecule has 9 nitrogen and oxygen atoms in total. The summed E-state index contributed by atoms with van der Waals surface area (Å²) in [6.07, 6.45) is 0.724. The molecule has 2 saturated heterocycles. The van der Waals surface area contributed by atoms with Gasteiger partial charge in [-0.15, -0.1) is 0 Å². The molecule has 1 atom stereocenters. The highest BCUT2D eigenvalue weighted by Crippen LogP contribution is 2.18. The van der Waals surface area contributed by atoms with Crippen molar-refractivity contribution >= 4 is 29.8 Å². The van der Waals surface area contributed by atoms with Crippen molar-refractivity contribution in [2.75, 3.05) is 51.1 Å². The van der Waals surface area contributed by atoms with Gasteiger partial charge >= 0.3 is 0 Å². The van der Waals surface area contributed by atoms with Crippen LogP contribution in [0.25, 0.3) is 0 Å². The molecule has 2 N–H and O–H groups in total. The van der Waals surface area contributed by atoms with Crippen LogP contribution in [0.3, 0.4) is 0 Å². The summed E-state index contributed by atoms with van der Waals surface area (Å²) in [5.74, 6) is -0.391. The molecule has 1 aromatic carbocycles. The Balaban J connectivity index is 1.58. The zero-order chi connectivity index (χ0) is 22.4. The predicted molar refractivity (Wildman–Crippen MR) is 116 cm³/mol. The fraction of sp³-hybridized carbons (Fsp3) is 0.545. The van der Waals surface area contributed by atoms with Crippen LogP contribution in [0.1, 0.15) is 31.7 Å². The second-order valence-corrected chi connectivity index (χ2v) is 8.34. The number of rotatable bonds is 7. The predicted octanol–water partition coefficient (Wildman–Crippen LogP) is 0.240. The molecule has 168 valence electrons. The number of amides is 4. The van der Waals surface area contributed by atoms with Crippen molar-refractivity contribution in [3.05, 3.63) is 29.8 Å². The Hall–Kier alpha value is -2.94. The monoisotopic (exact) mass is 429 g/mol. The van der Waals surface area contributed by atoms with Crippen molar-refractivity contribution in [2.45, 2.75) is 32.2 Å². The molecule has 0 bridgehead atoms. The number of carbonyl (C=O) groups excluding carboxylic acids is 4. The van der Waals surface area contributed by atoms with Crippen LogP contribution in [0.5, 0.6) is 0 Å². The van der Waals surface area contributed by atoms with E-state index in [1.807, 2.05) is 29.2 Å². The largest absolute Gasteiger partial charge is 0.353 e. The zero-order valence-electron chi connectivity index (χ0n) is 18.2. The summed E-state index contributed by atoms with van der Waals surface area (Å²) in [6.45, 7) is 7.51. The summed E-state index contributed by atoms with van der Waals surface area (Å²) in [5, 5.41) is 5.57. The van der Waals surface area contributed by atoms with Crippen molar-refractivity contribution in [2.24, 2.45) is 0 Å². The van der Waals surface area contributed by atoms with Gasteiger partial charge in [-0.25, -0.2) is 0 Å². The number of carbonyl (C=O) groups is 4. The number of nitrogens with zero attached hydrogens (tertiary/aromatic N) is 3. The van der Waals surface area contributed by atoms with E-state index in [2.05, 4.69) is 24.5 Å². The standard InChI is InChI=1S/C22H31N5O4/c1-16(2)17-3-5-18(6-4-17)24-20(29)13-19-22(31)23-7-8-27(19)21(30)14-25-9-11-26(15-28)12-10-25/h3-6,15-16,19H,7-14H2,1-2H3,(H,23,31)(H,24,29)/t19-/m0/s1. The lowest BCUT2D eigenvalue weighted by molar-refractivity contribution is -0.145. The van der Waals surface area contributed by atoms with Gasteiger partial charge in [-0.1, -0.05) is 26.0 Å². The average Bonchev–Trinajstić information content (AvgIpc) is 2.76. The first kappa shape index (κ1) is 22.7. The van der Waals surface area contributed by atoms with Crippen LogP contribution in [-0.2, 0) is 19.2 Å². The summed E-state index contributed by atoms with van der Waals surface area (Å²) in [5.41, 5.74) is 1.84. The molecule has 0 aromatic heterocycles. The van der Waals surface area contributed by atoms with Crippen molar-refractivity contribution in [1.29, 1.82) is 0 Å². The van der Waals surface area contributed by atoms with Crippen LogP contribution in [0.15, 0.2) is 24.3 Å². The number of hydrogen-bond donors (Lipinski definition) is 2. The smallest absolute Gasteiger partial charge is 0.243 e. The second-order valence-electron chi connectivity index (χ2n) is 8.34. The molecule has 0 aliphatic carbocycles. The second kappa shape index (κ2) is 10.4. The molecule has 0 unspecified atom stereocenters. The molecule has 4 amide bonds. The van der Waals surface area contributed by atoms with Crippen LogP contribution in [0.4, 0.5) is 5.69 Å². The minimum atomic E-state index is -0.826.